The number of anilines is 1. The number of carbonyl (C=O) groups excluding carboxylic acids is 1. The SMILES string of the molecule is Cl.O=C(CC1CC2CCC(C1)N2)Nc1ccc2c(c1)CCC2. The van der Waals surface area contributed by atoms with E-state index in [-0.39, 0.29) is 18.3 Å². The summed E-state index contributed by atoms with van der Waals surface area (Å²) in [7, 11) is 0. The molecule has 2 N–H and O–H groups in total. The summed E-state index contributed by atoms with van der Waals surface area (Å²) < 4.78 is 0. The number of carbonyl (C=O) groups is 1. The highest BCUT2D eigenvalue weighted by molar-refractivity contribution is 5.91. The van der Waals surface area contributed by atoms with Crippen LogP contribution in [-0.4, -0.2) is 18.0 Å². The van der Waals surface area contributed by atoms with E-state index in [1.165, 1.54) is 49.7 Å². The molecule has 2 aliphatic heterocycles. The van der Waals surface area contributed by atoms with E-state index in [1.807, 2.05) is 0 Å². The Labute approximate surface area is 138 Å². The van der Waals surface area contributed by atoms with Gasteiger partial charge in [0.1, 0.15) is 0 Å². The molecule has 0 spiro atoms. The lowest BCUT2D eigenvalue weighted by atomic mass is 9.89. The first-order valence-electron chi connectivity index (χ1n) is 8.44. The average Bonchev–Trinajstić information content (AvgIpc) is 3.04. The maximum Gasteiger partial charge on any atom is 0.224 e. The number of hydrogen-bond donors (Lipinski definition) is 2. The fourth-order valence-electron chi connectivity index (χ4n) is 4.47. The summed E-state index contributed by atoms with van der Waals surface area (Å²) in [5.74, 6) is 0.762. The van der Waals surface area contributed by atoms with E-state index in [2.05, 4.69) is 28.8 Å². The van der Waals surface area contributed by atoms with Crippen LogP contribution in [0, 0.1) is 5.92 Å². The molecule has 4 rings (SSSR count). The summed E-state index contributed by atoms with van der Waals surface area (Å²) in [5.41, 5.74) is 3.87. The Morgan fingerprint density at radius 3 is 2.64 bits per heavy atom. The number of rotatable bonds is 3. The number of halogens is 1. The first-order chi connectivity index (χ1) is 10.3. The van der Waals surface area contributed by atoms with Crippen molar-refractivity contribution in [3.63, 3.8) is 0 Å². The monoisotopic (exact) mass is 320 g/mol. The molecule has 3 nitrogen and oxygen atoms in total. The molecule has 4 heteroatoms. The highest BCUT2D eigenvalue weighted by atomic mass is 35.5. The summed E-state index contributed by atoms with van der Waals surface area (Å²) in [5, 5.41) is 6.75. The van der Waals surface area contributed by atoms with Crippen LogP contribution in [0.3, 0.4) is 0 Å². The van der Waals surface area contributed by atoms with Gasteiger partial charge in [0, 0.05) is 24.2 Å². The number of amides is 1. The Kier molecular flexibility index (Phi) is 4.74. The largest absolute Gasteiger partial charge is 0.326 e. The molecule has 2 bridgehead atoms. The van der Waals surface area contributed by atoms with E-state index in [0.29, 0.717) is 24.4 Å². The minimum atomic E-state index is 0. The Balaban J connectivity index is 0.00000144. The second kappa shape index (κ2) is 6.59. The molecule has 120 valence electrons. The molecule has 1 aromatic carbocycles. The lowest BCUT2D eigenvalue weighted by molar-refractivity contribution is -0.117. The van der Waals surface area contributed by atoms with Crippen LogP contribution in [0.25, 0.3) is 0 Å². The maximum absolute atomic E-state index is 12.3. The fraction of sp³-hybridized carbons (Fsp3) is 0.611. The Bertz CT molecular complexity index is 548. The summed E-state index contributed by atoms with van der Waals surface area (Å²) in [4.78, 5) is 12.3. The Hall–Kier alpha value is -1.06. The first kappa shape index (κ1) is 15.8. The van der Waals surface area contributed by atoms with Gasteiger partial charge in [0.25, 0.3) is 0 Å². The van der Waals surface area contributed by atoms with E-state index in [9.17, 15) is 4.79 Å². The smallest absolute Gasteiger partial charge is 0.224 e. The molecule has 2 heterocycles. The van der Waals surface area contributed by atoms with Crippen LogP contribution in [0.4, 0.5) is 5.69 Å². The van der Waals surface area contributed by atoms with Crippen molar-refractivity contribution < 1.29 is 4.79 Å². The highest BCUT2D eigenvalue weighted by Crippen LogP contribution is 2.33. The highest BCUT2D eigenvalue weighted by Gasteiger charge is 2.34. The van der Waals surface area contributed by atoms with Gasteiger partial charge in [-0.15, -0.1) is 12.4 Å². The third-order valence-corrected chi connectivity index (χ3v) is 5.43. The second-order valence-electron chi connectivity index (χ2n) is 7.06. The number of fused-ring (bicyclic) bond motifs is 3. The molecule has 3 aliphatic rings. The molecule has 0 radical (unpaired) electrons. The van der Waals surface area contributed by atoms with Crippen molar-refractivity contribution in [1.82, 2.24) is 5.32 Å². The standard InChI is InChI=1S/C18H24N2O.ClH/c21-18(10-12-8-15-6-7-16(9-12)19-15)20-17-5-4-13-2-1-3-14(13)11-17;/h4-5,11-12,15-16,19H,1-3,6-10H2,(H,20,21);1H. The quantitative estimate of drug-likeness (QED) is 0.895. The third-order valence-electron chi connectivity index (χ3n) is 5.43. The van der Waals surface area contributed by atoms with Crippen molar-refractivity contribution in [3.8, 4) is 0 Å². The third kappa shape index (κ3) is 3.31. The minimum absolute atomic E-state index is 0. The lowest BCUT2D eigenvalue weighted by Gasteiger charge is -2.28. The van der Waals surface area contributed by atoms with Crippen molar-refractivity contribution in [2.45, 2.75) is 63.5 Å². The van der Waals surface area contributed by atoms with Gasteiger partial charge in [-0.3, -0.25) is 4.79 Å². The van der Waals surface area contributed by atoms with Gasteiger partial charge in [0.2, 0.25) is 5.91 Å². The molecule has 2 unspecified atom stereocenters. The van der Waals surface area contributed by atoms with Gasteiger partial charge in [-0.25, -0.2) is 0 Å². The number of piperidine rings is 1. The number of hydrogen-bond acceptors (Lipinski definition) is 2. The van der Waals surface area contributed by atoms with E-state index >= 15 is 0 Å². The van der Waals surface area contributed by atoms with Gasteiger partial charge in [0.15, 0.2) is 0 Å². The summed E-state index contributed by atoms with van der Waals surface area (Å²) >= 11 is 0. The van der Waals surface area contributed by atoms with Crippen LogP contribution in [0.5, 0.6) is 0 Å². The second-order valence-corrected chi connectivity index (χ2v) is 7.06. The maximum atomic E-state index is 12.3. The van der Waals surface area contributed by atoms with Gasteiger partial charge in [0.05, 0.1) is 0 Å². The van der Waals surface area contributed by atoms with Gasteiger partial charge in [-0.05, 0) is 74.1 Å². The molecule has 22 heavy (non-hydrogen) atoms. The van der Waals surface area contributed by atoms with Gasteiger partial charge < -0.3 is 10.6 Å². The fourth-order valence-corrected chi connectivity index (χ4v) is 4.47. The predicted molar refractivity (Wildman–Crippen MR) is 91.6 cm³/mol. The molecule has 1 aromatic rings. The number of nitrogens with one attached hydrogen (secondary N) is 2. The van der Waals surface area contributed by atoms with Crippen molar-refractivity contribution in [2.75, 3.05) is 5.32 Å². The van der Waals surface area contributed by atoms with E-state index in [1.54, 1.807) is 0 Å². The van der Waals surface area contributed by atoms with E-state index in [4.69, 9.17) is 0 Å². The number of aryl methyl sites for hydroxylation is 2. The average molecular weight is 321 g/mol. The van der Waals surface area contributed by atoms with Crippen molar-refractivity contribution in [2.24, 2.45) is 5.92 Å². The molecular formula is C18H25ClN2O. The van der Waals surface area contributed by atoms with Gasteiger partial charge >= 0.3 is 0 Å². The van der Waals surface area contributed by atoms with E-state index in [0.717, 1.165) is 12.1 Å². The Morgan fingerprint density at radius 1 is 1.14 bits per heavy atom. The normalized spacial score (nSPS) is 28.8. The zero-order valence-corrected chi connectivity index (χ0v) is 13.8. The van der Waals surface area contributed by atoms with Crippen LogP contribution in [-0.2, 0) is 17.6 Å². The summed E-state index contributed by atoms with van der Waals surface area (Å²) in [6.45, 7) is 0. The number of benzene rings is 1. The topological polar surface area (TPSA) is 41.1 Å². The minimum Gasteiger partial charge on any atom is -0.326 e. The van der Waals surface area contributed by atoms with Gasteiger partial charge in [-0.2, -0.15) is 0 Å². The zero-order chi connectivity index (χ0) is 14.2. The van der Waals surface area contributed by atoms with Crippen LogP contribution < -0.4 is 10.6 Å². The lowest BCUT2D eigenvalue weighted by Crippen LogP contribution is -2.39. The van der Waals surface area contributed by atoms with Crippen molar-refractivity contribution in [1.29, 1.82) is 0 Å². The summed E-state index contributed by atoms with van der Waals surface area (Å²) in [6, 6.07) is 7.76. The molecule has 2 atom stereocenters. The van der Waals surface area contributed by atoms with Crippen LogP contribution in [0.2, 0.25) is 0 Å². The van der Waals surface area contributed by atoms with Gasteiger partial charge in [-0.1, -0.05) is 6.07 Å². The van der Waals surface area contributed by atoms with E-state index < -0.39 is 0 Å². The first-order valence-corrected chi connectivity index (χ1v) is 8.44. The molecule has 1 amide bonds. The van der Waals surface area contributed by atoms with Crippen LogP contribution in [0.1, 0.15) is 49.7 Å². The molecule has 2 fully saturated rings. The van der Waals surface area contributed by atoms with Crippen LogP contribution >= 0.6 is 12.4 Å². The summed E-state index contributed by atoms with van der Waals surface area (Å²) in [6.07, 6.45) is 9.25. The zero-order valence-electron chi connectivity index (χ0n) is 12.9. The molecule has 0 aromatic heterocycles. The molecular weight excluding hydrogens is 296 g/mol. The van der Waals surface area contributed by atoms with Crippen molar-refractivity contribution in [3.05, 3.63) is 29.3 Å². The van der Waals surface area contributed by atoms with Crippen LogP contribution in [0.15, 0.2) is 18.2 Å². The predicted octanol–water partition coefficient (Wildman–Crippen LogP) is 3.46. The van der Waals surface area contributed by atoms with Crippen molar-refractivity contribution >= 4 is 24.0 Å². The molecule has 0 saturated carbocycles. The molecule has 2 saturated heterocycles. The Morgan fingerprint density at radius 2 is 1.86 bits per heavy atom. The molecule has 1 aliphatic carbocycles.